The molecule has 6 atom stereocenters. The van der Waals surface area contributed by atoms with Crippen LogP contribution in [0.4, 0.5) is 0 Å². The maximum atomic E-state index is 13.5. The number of pyridine rings is 1. The second-order valence-corrected chi connectivity index (χ2v) is 12.4. The molecule has 2 aromatic heterocycles. The summed E-state index contributed by atoms with van der Waals surface area (Å²) in [4.78, 5) is 74.4. The molecule has 1 aliphatic heterocycles. The van der Waals surface area contributed by atoms with E-state index in [0.29, 0.717) is 44.3 Å². The second-order valence-electron chi connectivity index (χ2n) is 12.4. The summed E-state index contributed by atoms with van der Waals surface area (Å²) in [7, 11) is 0. The number of benzene rings is 1. The van der Waals surface area contributed by atoms with Gasteiger partial charge < -0.3 is 47.5 Å². The van der Waals surface area contributed by atoms with Crippen molar-refractivity contribution in [3.05, 3.63) is 66.1 Å². The van der Waals surface area contributed by atoms with Gasteiger partial charge in [0, 0.05) is 42.5 Å². The number of amides is 4. The molecule has 0 bridgehead atoms. The molecule has 1 fully saturated rings. The third-order valence-corrected chi connectivity index (χ3v) is 8.69. The Morgan fingerprint density at radius 1 is 1.02 bits per heavy atom. The average Bonchev–Trinajstić information content (AvgIpc) is 3.74. The van der Waals surface area contributed by atoms with Crippen LogP contribution < -0.4 is 27.4 Å². The number of carbonyl (C=O) groups excluding carboxylic acids is 4. The van der Waals surface area contributed by atoms with E-state index in [0.717, 1.165) is 16.5 Å². The van der Waals surface area contributed by atoms with Gasteiger partial charge in [-0.1, -0.05) is 24.3 Å². The maximum Gasteiger partial charge on any atom is 0.326 e. The highest BCUT2D eigenvalue weighted by atomic mass is 16.4. The van der Waals surface area contributed by atoms with E-state index in [1.807, 2.05) is 24.3 Å². The summed E-state index contributed by atoms with van der Waals surface area (Å²) in [6, 6.07) is 5.14. The van der Waals surface area contributed by atoms with Gasteiger partial charge in [0.25, 0.3) is 0 Å². The highest BCUT2D eigenvalue weighted by Crippen LogP contribution is 2.21. The number of carbonyl (C=O) groups is 5. The zero-order valence-electron chi connectivity index (χ0n) is 27.5. The van der Waals surface area contributed by atoms with E-state index in [1.165, 1.54) is 11.8 Å². The Morgan fingerprint density at radius 3 is 2.47 bits per heavy atom. The first kappa shape index (κ1) is 37.0. The van der Waals surface area contributed by atoms with Gasteiger partial charge in [-0.15, -0.1) is 0 Å². The Bertz CT molecular complexity index is 1600. The SMILES string of the molecule is C[C@@H](O)[C@H](NC(=O)[C@@H]1CCCN1C(=O)[C@@H](N)Cc1cccnc1)C(=O)N[C@@H](CCCCN)C(=O)N[C@@H](Cc1c[nH]c2ccccc12)C(=O)O. The third kappa shape index (κ3) is 9.84. The number of carboxylic acids is 1. The lowest BCUT2D eigenvalue weighted by Crippen LogP contribution is -2.60. The normalized spacial score (nSPS) is 17.5. The number of carboxylic acid groups (broad SMARTS) is 1. The number of aromatic nitrogens is 2. The highest BCUT2D eigenvalue weighted by molar-refractivity contribution is 5.96. The fourth-order valence-corrected chi connectivity index (χ4v) is 6.05. The van der Waals surface area contributed by atoms with E-state index in [2.05, 4.69) is 25.9 Å². The van der Waals surface area contributed by atoms with E-state index < -0.39 is 65.9 Å². The Labute approximate surface area is 284 Å². The van der Waals surface area contributed by atoms with Crippen molar-refractivity contribution in [2.24, 2.45) is 11.5 Å². The first-order valence-electron chi connectivity index (χ1n) is 16.5. The molecule has 0 radical (unpaired) electrons. The fourth-order valence-electron chi connectivity index (χ4n) is 6.05. The Morgan fingerprint density at radius 2 is 1.78 bits per heavy atom. The number of aliphatic hydroxyl groups excluding tert-OH is 1. The van der Waals surface area contributed by atoms with Crippen molar-refractivity contribution in [3.8, 4) is 0 Å². The van der Waals surface area contributed by atoms with Gasteiger partial charge in [0.15, 0.2) is 0 Å². The molecule has 10 N–H and O–H groups in total. The van der Waals surface area contributed by atoms with Gasteiger partial charge in [-0.25, -0.2) is 4.79 Å². The van der Waals surface area contributed by atoms with E-state index in [1.54, 1.807) is 30.7 Å². The smallest absolute Gasteiger partial charge is 0.326 e. The predicted molar refractivity (Wildman–Crippen MR) is 181 cm³/mol. The molecule has 15 nitrogen and oxygen atoms in total. The van der Waals surface area contributed by atoms with E-state index in [9.17, 15) is 34.2 Å². The number of unbranched alkanes of at least 4 members (excludes halogenated alkanes) is 1. The molecule has 15 heteroatoms. The molecule has 0 spiro atoms. The van der Waals surface area contributed by atoms with Crippen LogP contribution >= 0.6 is 0 Å². The first-order chi connectivity index (χ1) is 23.5. The number of aromatic amines is 1. The van der Waals surface area contributed by atoms with Crippen molar-refractivity contribution in [2.45, 2.75) is 88.2 Å². The van der Waals surface area contributed by atoms with E-state index in [4.69, 9.17) is 11.5 Å². The van der Waals surface area contributed by atoms with Crippen LogP contribution in [0.2, 0.25) is 0 Å². The maximum absolute atomic E-state index is 13.5. The van der Waals surface area contributed by atoms with Crippen LogP contribution in [0.1, 0.15) is 50.2 Å². The molecular formula is C34H46N8O7. The summed E-state index contributed by atoms with van der Waals surface area (Å²) < 4.78 is 0. The number of likely N-dealkylation sites (tertiary alicyclic amines) is 1. The summed E-state index contributed by atoms with van der Waals surface area (Å²) in [5.74, 6) is -3.89. The zero-order chi connectivity index (χ0) is 35.5. The highest BCUT2D eigenvalue weighted by Gasteiger charge is 2.39. The molecule has 1 aliphatic rings. The summed E-state index contributed by atoms with van der Waals surface area (Å²) >= 11 is 0. The molecule has 49 heavy (non-hydrogen) atoms. The van der Waals surface area contributed by atoms with Crippen molar-refractivity contribution in [2.75, 3.05) is 13.1 Å². The van der Waals surface area contributed by atoms with Gasteiger partial charge in [-0.3, -0.25) is 24.2 Å². The largest absolute Gasteiger partial charge is 0.480 e. The van der Waals surface area contributed by atoms with Gasteiger partial charge in [-0.05, 0) is 75.3 Å². The Kier molecular flexibility index (Phi) is 13.2. The Hall–Kier alpha value is -4.86. The lowest BCUT2D eigenvalue weighted by Gasteiger charge is -2.30. The second kappa shape index (κ2) is 17.5. The fraction of sp³-hybridized carbons (Fsp3) is 0.471. The minimum absolute atomic E-state index is 0.0105. The molecule has 1 aromatic carbocycles. The summed E-state index contributed by atoms with van der Waals surface area (Å²) in [6.45, 7) is 1.96. The minimum atomic E-state index is -1.47. The van der Waals surface area contributed by atoms with Crippen LogP contribution in [0.15, 0.2) is 55.0 Å². The molecule has 264 valence electrons. The number of rotatable bonds is 17. The number of hydrogen-bond donors (Lipinski definition) is 8. The number of para-hydroxylation sites is 1. The van der Waals surface area contributed by atoms with Gasteiger partial charge in [0.05, 0.1) is 12.1 Å². The number of fused-ring (bicyclic) bond motifs is 1. The van der Waals surface area contributed by atoms with Gasteiger partial charge in [-0.2, -0.15) is 0 Å². The molecule has 0 aliphatic carbocycles. The lowest BCUT2D eigenvalue weighted by atomic mass is 10.0. The molecule has 4 amide bonds. The predicted octanol–water partition coefficient (Wildman–Crippen LogP) is -0.285. The van der Waals surface area contributed by atoms with Gasteiger partial charge >= 0.3 is 5.97 Å². The number of H-pyrrole nitrogens is 1. The monoisotopic (exact) mass is 678 g/mol. The third-order valence-electron chi connectivity index (χ3n) is 8.69. The Balaban J connectivity index is 1.42. The van der Waals surface area contributed by atoms with Crippen LogP contribution in [0.3, 0.4) is 0 Å². The van der Waals surface area contributed by atoms with Crippen LogP contribution in [-0.4, -0.2) is 104 Å². The van der Waals surface area contributed by atoms with Crippen molar-refractivity contribution < 1.29 is 34.2 Å². The van der Waals surface area contributed by atoms with Crippen LogP contribution in [0.25, 0.3) is 10.9 Å². The molecular weight excluding hydrogens is 632 g/mol. The summed E-state index contributed by atoms with van der Waals surface area (Å²) in [5.41, 5.74) is 14.1. The van der Waals surface area contributed by atoms with Crippen molar-refractivity contribution in [1.82, 2.24) is 30.8 Å². The topological polar surface area (TPSA) is 246 Å². The molecule has 3 aromatic rings. The quantitative estimate of drug-likeness (QED) is 0.0868. The van der Waals surface area contributed by atoms with Crippen LogP contribution in [0, 0.1) is 0 Å². The van der Waals surface area contributed by atoms with Crippen LogP contribution in [0.5, 0.6) is 0 Å². The van der Waals surface area contributed by atoms with Crippen molar-refractivity contribution in [3.63, 3.8) is 0 Å². The lowest BCUT2D eigenvalue weighted by molar-refractivity contribution is -0.142. The first-order valence-corrected chi connectivity index (χ1v) is 16.5. The molecule has 3 heterocycles. The zero-order valence-corrected chi connectivity index (χ0v) is 27.5. The molecule has 4 rings (SSSR count). The number of hydrogen-bond acceptors (Lipinski definition) is 9. The standard InChI is InChI=1S/C34H46N8O7/c1-20(43)29(41-31(45)28-12-7-15-42(28)33(47)24(36)16-21-8-6-14-37-18-21)32(46)39-26(11-4-5-13-35)30(44)40-27(34(48)49)17-22-19-38-25-10-3-2-9-23(22)25/h2-3,6,8-10,14,18-20,24,26-29,38,43H,4-5,7,11-13,15-17,35-36H2,1H3,(H,39,46)(H,40,44)(H,41,45)(H,48,49)/t20-,24+,26+,27+,28+,29+/m1/s1. The summed E-state index contributed by atoms with van der Waals surface area (Å²) in [6.07, 6.45) is 5.76. The van der Waals surface area contributed by atoms with Crippen molar-refractivity contribution >= 4 is 40.5 Å². The van der Waals surface area contributed by atoms with Gasteiger partial charge in [0.2, 0.25) is 23.6 Å². The van der Waals surface area contributed by atoms with E-state index >= 15 is 0 Å². The van der Waals surface area contributed by atoms with Crippen molar-refractivity contribution in [1.29, 1.82) is 0 Å². The molecule has 0 saturated carbocycles. The number of nitrogens with two attached hydrogens (primary N) is 2. The molecule has 1 saturated heterocycles. The number of nitrogens with one attached hydrogen (secondary N) is 4. The number of aliphatic carboxylic acids is 1. The molecule has 0 unspecified atom stereocenters. The van der Waals surface area contributed by atoms with Gasteiger partial charge in [0.1, 0.15) is 24.2 Å². The average molecular weight is 679 g/mol. The number of nitrogens with zero attached hydrogens (tertiary/aromatic N) is 2. The number of aliphatic hydroxyl groups is 1. The van der Waals surface area contributed by atoms with Crippen LogP contribution in [-0.2, 0) is 36.8 Å². The minimum Gasteiger partial charge on any atom is -0.480 e. The summed E-state index contributed by atoms with van der Waals surface area (Å²) in [5, 5.41) is 29.0. The van der Waals surface area contributed by atoms with E-state index in [-0.39, 0.29) is 19.3 Å².